The number of carbonyl (C=O) groups excluding carboxylic acids is 1. The van der Waals surface area contributed by atoms with Crippen LogP contribution in [-0.4, -0.2) is 64.9 Å². The van der Waals surface area contributed by atoms with Crippen molar-refractivity contribution in [1.82, 2.24) is 15.0 Å². The third kappa shape index (κ3) is 5.60. The van der Waals surface area contributed by atoms with Crippen molar-refractivity contribution in [2.45, 2.75) is 58.0 Å². The SMILES string of the molecule is CC(C)c1nc(N2CCC(C3C[C@H]3CCOc3ccc(CC(=O)N4CC(O)C4)c(F)c3)CC2)no1. The van der Waals surface area contributed by atoms with Gasteiger partial charge >= 0.3 is 0 Å². The van der Waals surface area contributed by atoms with Crippen molar-refractivity contribution in [3.8, 4) is 5.75 Å². The number of halogens is 1. The van der Waals surface area contributed by atoms with Gasteiger partial charge in [-0.25, -0.2) is 4.39 Å². The number of likely N-dealkylation sites (tertiary alicyclic amines) is 1. The number of hydrogen-bond acceptors (Lipinski definition) is 7. The molecule has 3 fully saturated rings. The summed E-state index contributed by atoms with van der Waals surface area (Å²) >= 11 is 0. The van der Waals surface area contributed by atoms with Gasteiger partial charge in [-0.3, -0.25) is 4.79 Å². The van der Waals surface area contributed by atoms with E-state index in [0.717, 1.165) is 50.1 Å². The number of aromatic nitrogens is 2. The maximum Gasteiger partial charge on any atom is 0.266 e. The normalized spacial score (nSPS) is 23.0. The molecule has 5 rings (SSSR count). The molecule has 2 aliphatic heterocycles. The Labute approximate surface area is 205 Å². The highest BCUT2D eigenvalue weighted by Crippen LogP contribution is 2.50. The zero-order chi connectivity index (χ0) is 24.5. The van der Waals surface area contributed by atoms with Crippen LogP contribution in [0, 0.1) is 23.6 Å². The molecular formula is C26H35FN4O4. The van der Waals surface area contributed by atoms with Crippen molar-refractivity contribution in [3.05, 3.63) is 35.5 Å². The molecule has 1 amide bonds. The van der Waals surface area contributed by atoms with Crippen LogP contribution < -0.4 is 9.64 Å². The van der Waals surface area contributed by atoms with Gasteiger partial charge in [-0.2, -0.15) is 4.98 Å². The molecule has 2 atom stereocenters. The molecule has 190 valence electrons. The Bertz CT molecular complexity index is 1030. The molecule has 3 heterocycles. The van der Waals surface area contributed by atoms with Gasteiger partial charge in [0, 0.05) is 38.2 Å². The maximum absolute atomic E-state index is 14.5. The molecule has 1 saturated carbocycles. The molecular weight excluding hydrogens is 451 g/mol. The van der Waals surface area contributed by atoms with Crippen LogP contribution in [0.15, 0.2) is 22.7 Å². The standard InChI is InChI=1S/C26H35FN4O4/c1-16(2)25-28-26(29-35-25)30-8-5-17(6-9-30)22-11-18(22)7-10-34-21-4-3-19(23(27)13-21)12-24(33)31-14-20(32)15-31/h3-4,13,16-18,20,22,32H,5-12,14-15H2,1-2H3/t18-,22?/m1/s1. The van der Waals surface area contributed by atoms with E-state index < -0.39 is 11.9 Å². The van der Waals surface area contributed by atoms with E-state index in [0.29, 0.717) is 42.8 Å². The molecule has 3 aliphatic rings. The summed E-state index contributed by atoms with van der Waals surface area (Å²) in [6.07, 6.45) is 4.08. The lowest BCUT2D eigenvalue weighted by Gasteiger charge is -2.35. The molecule has 2 aromatic rings. The van der Waals surface area contributed by atoms with Gasteiger partial charge in [0.2, 0.25) is 11.8 Å². The average molecular weight is 487 g/mol. The van der Waals surface area contributed by atoms with Crippen LogP contribution in [0.1, 0.15) is 56.9 Å². The Morgan fingerprint density at radius 2 is 2.06 bits per heavy atom. The van der Waals surface area contributed by atoms with E-state index in [9.17, 15) is 14.3 Å². The first-order valence-corrected chi connectivity index (χ1v) is 12.8. The fourth-order valence-corrected chi connectivity index (χ4v) is 5.32. The van der Waals surface area contributed by atoms with Gasteiger partial charge in [-0.15, -0.1) is 0 Å². The zero-order valence-electron chi connectivity index (χ0n) is 20.5. The number of amides is 1. The monoisotopic (exact) mass is 486 g/mol. The van der Waals surface area contributed by atoms with E-state index in [1.54, 1.807) is 12.1 Å². The minimum absolute atomic E-state index is 0.00696. The lowest BCUT2D eigenvalue weighted by atomic mass is 9.90. The smallest absolute Gasteiger partial charge is 0.266 e. The van der Waals surface area contributed by atoms with Crippen molar-refractivity contribution in [1.29, 1.82) is 0 Å². The van der Waals surface area contributed by atoms with Gasteiger partial charge in [-0.1, -0.05) is 19.9 Å². The quantitative estimate of drug-likeness (QED) is 0.581. The lowest BCUT2D eigenvalue weighted by Crippen LogP contribution is -2.54. The second-order valence-electron chi connectivity index (χ2n) is 10.6. The molecule has 9 heteroatoms. The summed E-state index contributed by atoms with van der Waals surface area (Å²) in [5.41, 5.74) is 0.360. The van der Waals surface area contributed by atoms with Crippen LogP contribution in [0.3, 0.4) is 0 Å². The summed E-state index contributed by atoms with van der Waals surface area (Å²) in [7, 11) is 0. The number of piperidine rings is 1. The fraction of sp³-hybridized carbons (Fsp3) is 0.654. The molecule has 0 spiro atoms. The summed E-state index contributed by atoms with van der Waals surface area (Å²) in [6, 6.07) is 4.73. The summed E-state index contributed by atoms with van der Waals surface area (Å²) < 4.78 is 25.6. The average Bonchev–Trinajstić information content (AvgIpc) is 3.41. The highest BCUT2D eigenvalue weighted by atomic mass is 19.1. The summed E-state index contributed by atoms with van der Waals surface area (Å²) in [5.74, 6) is 3.74. The van der Waals surface area contributed by atoms with Gasteiger partial charge in [0.15, 0.2) is 0 Å². The number of aliphatic hydroxyl groups excluding tert-OH is 1. The maximum atomic E-state index is 14.5. The number of nitrogens with zero attached hydrogens (tertiary/aromatic N) is 4. The number of aliphatic hydroxyl groups is 1. The number of carbonyl (C=O) groups is 1. The highest BCUT2D eigenvalue weighted by molar-refractivity contribution is 5.79. The van der Waals surface area contributed by atoms with Crippen molar-refractivity contribution >= 4 is 11.9 Å². The van der Waals surface area contributed by atoms with E-state index in [2.05, 4.69) is 28.9 Å². The molecule has 0 bridgehead atoms. The van der Waals surface area contributed by atoms with Gasteiger partial charge in [0.05, 0.1) is 19.1 Å². The number of benzene rings is 1. The van der Waals surface area contributed by atoms with Crippen LogP contribution in [0.2, 0.25) is 0 Å². The third-order valence-electron chi connectivity index (χ3n) is 7.67. The Balaban J connectivity index is 1.01. The predicted molar refractivity (Wildman–Crippen MR) is 128 cm³/mol. The van der Waals surface area contributed by atoms with Crippen LogP contribution >= 0.6 is 0 Å². The molecule has 0 radical (unpaired) electrons. The molecule has 2 saturated heterocycles. The Morgan fingerprint density at radius 3 is 2.71 bits per heavy atom. The van der Waals surface area contributed by atoms with E-state index >= 15 is 0 Å². The summed E-state index contributed by atoms with van der Waals surface area (Å²) in [4.78, 5) is 20.4. The molecule has 8 nitrogen and oxygen atoms in total. The second-order valence-corrected chi connectivity index (χ2v) is 10.6. The van der Waals surface area contributed by atoms with Crippen molar-refractivity contribution in [3.63, 3.8) is 0 Å². The van der Waals surface area contributed by atoms with E-state index in [-0.39, 0.29) is 18.2 Å². The molecule has 1 aromatic carbocycles. The zero-order valence-corrected chi connectivity index (χ0v) is 20.5. The van der Waals surface area contributed by atoms with Crippen molar-refractivity contribution in [2.75, 3.05) is 37.7 Å². The van der Waals surface area contributed by atoms with Gasteiger partial charge in [0.1, 0.15) is 11.6 Å². The Hall–Kier alpha value is -2.68. The molecule has 1 N–H and O–H groups in total. The lowest BCUT2D eigenvalue weighted by molar-refractivity contribution is -0.140. The molecule has 35 heavy (non-hydrogen) atoms. The summed E-state index contributed by atoms with van der Waals surface area (Å²) in [6.45, 7) is 7.28. The number of ether oxygens (including phenoxy) is 1. The predicted octanol–water partition coefficient (Wildman–Crippen LogP) is 3.40. The summed E-state index contributed by atoms with van der Waals surface area (Å²) in [5, 5.41) is 13.5. The van der Waals surface area contributed by atoms with E-state index in [1.165, 1.54) is 17.4 Å². The van der Waals surface area contributed by atoms with Crippen LogP contribution in [0.5, 0.6) is 5.75 Å². The molecule has 1 unspecified atom stereocenters. The van der Waals surface area contributed by atoms with Crippen molar-refractivity contribution in [2.24, 2.45) is 17.8 Å². The first kappa shape index (κ1) is 24.0. The first-order valence-electron chi connectivity index (χ1n) is 12.8. The topological polar surface area (TPSA) is 91.9 Å². The van der Waals surface area contributed by atoms with Gasteiger partial charge < -0.3 is 24.2 Å². The third-order valence-corrected chi connectivity index (χ3v) is 7.67. The Morgan fingerprint density at radius 1 is 1.29 bits per heavy atom. The first-order chi connectivity index (χ1) is 16.9. The van der Waals surface area contributed by atoms with Crippen LogP contribution in [-0.2, 0) is 11.2 Å². The fourth-order valence-electron chi connectivity index (χ4n) is 5.32. The largest absolute Gasteiger partial charge is 0.493 e. The van der Waals surface area contributed by atoms with Gasteiger partial charge in [0.25, 0.3) is 5.95 Å². The number of hydrogen-bond donors (Lipinski definition) is 1. The molecule has 1 aliphatic carbocycles. The minimum atomic E-state index is -0.451. The van der Waals surface area contributed by atoms with Crippen LogP contribution in [0.25, 0.3) is 0 Å². The van der Waals surface area contributed by atoms with Gasteiger partial charge in [-0.05, 0) is 60.2 Å². The highest BCUT2D eigenvalue weighted by Gasteiger charge is 2.43. The number of rotatable bonds is 9. The second kappa shape index (κ2) is 10.1. The minimum Gasteiger partial charge on any atom is -0.493 e. The molecule has 1 aromatic heterocycles. The van der Waals surface area contributed by atoms with Crippen LogP contribution in [0.4, 0.5) is 10.3 Å². The van der Waals surface area contributed by atoms with E-state index in [1.807, 2.05) is 0 Å². The number of anilines is 1. The van der Waals surface area contributed by atoms with Crippen molar-refractivity contribution < 1.29 is 23.6 Å². The number of β-amino-alcohol motifs (C(OH)–C–C–N with tert-alkyl or cyclic N) is 1. The Kier molecular flexibility index (Phi) is 6.95. The van der Waals surface area contributed by atoms with E-state index in [4.69, 9.17) is 9.26 Å².